The molecule has 0 aromatic heterocycles. The minimum absolute atomic E-state index is 0. The maximum Gasteiger partial charge on any atom is 0.327 e. The van der Waals surface area contributed by atoms with Crippen LogP contribution in [-0.2, 0) is 87.3 Å². The van der Waals surface area contributed by atoms with E-state index in [0.29, 0.717) is 64.7 Å². The Morgan fingerprint density at radius 3 is 1.11 bits per heavy atom. The number of oxime groups is 4. The van der Waals surface area contributed by atoms with Crippen molar-refractivity contribution in [2.24, 2.45) is 20.6 Å². The number of sulfone groups is 4. The second kappa shape index (κ2) is 44.2. The van der Waals surface area contributed by atoms with E-state index < -0.39 is 124 Å². The van der Waals surface area contributed by atoms with Gasteiger partial charge in [0.1, 0.15) is 53.7 Å². The molecular formula is C76H88Br3F5N4O21S4. The van der Waals surface area contributed by atoms with Crippen molar-refractivity contribution in [3.8, 4) is 23.7 Å². The van der Waals surface area contributed by atoms with Crippen molar-refractivity contribution < 1.29 is 119 Å². The monoisotopic (exact) mass is 1850 g/mol. The third-order valence-corrected chi connectivity index (χ3v) is 26.9. The Bertz CT molecular complexity index is 5030. The van der Waals surface area contributed by atoms with E-state index in [-0.39, 0.29) is 89.1 Å². The molecule has 0 saturated carbocycles. The number of benzene rings is 5. The highest BCUT2D eigenvalue weighted by atomic mass is 79.9. The van der Waals surface area contributed by atoms with Crippen molar-refractivity contribution in [2.75, 3.05) is 44.8 Å². The summed E-state index contributed by atoms with van der Waals surface area (Å²) < 4.78 is 171. The van der Waals surface area contributed by atoms with E-state index in [2.05, 4.69) is 98.7 Å². The van der Waals surface area contributed by atoms with Gasteiger partial charge in [0, 0.05) is 85.8 Å². The van der Waals surface area contributed by atoms with Gasteiger partial charge in [-0.1, -0.05) is 76.3 Å². The van der Waals surface area contributed by atoms with Gasteiger partial charge in [0.2, 0.25) is 0 Å². The average Bonchev–Trinajstić information content (AvgIpc) is 1.77. The van der Waals surface area contributed by atoms with E-state index in [9.17, 15) is 84.7 Å². The zero-order chi connectivity index (χ0) is 85.1. The largest absolute Gasteiger partial charge is 0.480 e. The standard InChI is InChI=1S/C19H22FNO5S.C17H18FNO5S.C16H19BrFNO5S.C9H16O4S.C7H5BrFNO.C7H4BrFO.CH4/c1-5-7-13-8-9-14(10-16(13)20)17-11-15(26-21-17)12-19(3,27(4,23)24)18(22)25-6-2;1-4-5-11-6-7-12(8-14(11)18)15-9-13(24-19-15)10-17(2,16(20)21)25(3,22)23;1-4-23-15(20)16(2,25(3,21)22)9-11-8-14(19-24-11)10-5-6-12(17)13(18)7-10;1-5-7-9(3,14(4,11)12)8(10)13-6-2;8-6-2-1-5(4-10-11)3-7(6)9;8-6-2-1-5(4-10)3-7(6)9;/h8-10,15H,6,11-12H2,1-4H3;6-8,13H,9-10H2,1-3H3,(H,20,21);5-7,11H,4,8-9H2,1-3H3;5H,1,6-7H2,2-4H3;1-4,11H;1-4H;1H4/b;;;;10-4+;;. The topological polar surface area (TPSA) is 367 Å². The van der Waals surface area contributed by atoms with Crippen molar-refractivity contribution >= 4 is 141 Å². The average molecular weight is 1860 g/mol. The highest BCUT2D eigenvalue weighted by Crippen LogP contribution is 2.35. The van der Waals surface area contributed by atoms with Crippen LogP contribution in [0.25, 0.3) is 0 Å². The highest BCUT2D eigenvalue weighted by molar-refractivity contribution is 9.11. The number of carboxylic acids is 1. The molecular weight excluding hydrogens is 1770 g/mol. The zero-order valence-corrected chi connectivity index (χ0v) is 71.0. The molecule has 2 N–H and O–H groups in total. The lowest BCUT2D eigenvalue weighted by atomic mass is 9.96. The van der Waals surface area contributed by atoms with Crippen LogP contribution in [0.5, 0.6) is 0 Å². The first-order valence-corrected chi connectivity index (χ1v) is 43.3. The fourth-order valence-corrected chi connectivity index (χ4v) is 13.9. The number of hydrogen-bond acceptors (Lipinski definition) is 24. The molecule has 3 aliphatic heterocycles. The Balaban J connectivity index is 0.000000476. The summed E-state index contributed by atoms with van der Waals surface area (Å²) in [7, 11) is -14.8. The van der Waals surface area contributed by atoms with Crippen LogP contribution in [0.2, 0.25) is 0 Å². The molecule has 113 heavy (non-hydrogen) atoms. The summed E-state index contributed by atoms with van der Waals surface area (Å²) in [5.41, 5.74) is 4.37. The predicted octanol–water partition coefficient (Wildman–Crippen LogP) is 13.6. The van der Waals surface area contributed by atoms with E-state index in [4.69, 9.17) is 33.9 Å². The number of aldehydes is 1. The number of ether oxygens (including phenoxy) is 3. The van der Waals surface area contributed by atoms with Gasteiger partial charge in [-0.2, -0.15) is 0 Å². The van der Waals surface area contributed by atoms with Crippen LogP contribution in [-0.4, -0.2) is 180 Å². The van der Waals surface area contributed by atoms with Gasteiger partial charge in [-0.15, -0.1) is 18.4 Å². The van der Waals surface area contributed by atoms with Gasteiger partial charge < -0.3 is 39.0 Å². The molecule has 0 fully saturated rings. The second-order valence-corrected chi connectivity index (χ2v) is 37.8. The van der Waals surface area contributed by atoms with Gasteiger partial charge in [-0.05, 0) is 183 Å². The third kappa shape index (κ3) is 28.1. The van der Waals surface area contributed by atoms with Crippen LogP contribution in [0.4, 0.5) is 22.0 Å². The fraction of sp³-hybridized carbons (Fsp3) is 0.408. The number of nitrogens with zero attached hydrogens (tertiary/aromatic N) is 4. The molecule has 0 bridgehead atoms. The van der Waals surface area contributed by atoms with Gasteiger partial charge in [-0.25, -0.2) is 55.6 Å². The number of halogens is 8. The molecule has 3 heterocycles. The number of hydrogen-bond donors (Lipinski definition) is 2. The quantitative estimate of drug-likeness (QED) is 0.00667. The maximum atomic E-state index is 14.1. The van der Waals surface area contributed by atoms with Crippen LogP contribution in [0.3, 0.4) is 0 Å². The van der Waals surface area contributed by atoms with E-state index in [1.165, 1.54) is 69.3 Å². The second-order valence-electron chi connectivity index (χ2n) is 25.5. The Kier molecular flexibility index (Phi) is 39.3. The Morgan fingerprint density at radius 2 is 0.823 bits per heavy atom. The molecule has 0 radical (unpaired) electrons. The van der Waals surface area contributed by atoms with Gasteiger partial charge in [0.25, 0.3) is 0 Å². The first kappa shape index (κ1) is 100. The van der Waals surface area contributed by atoms with Crippen molar-refractivity contribution in [3.63, 3.8) is 0 Å². The molecule has 0 spiro atoms. The Hall–Kier alpha value is -8.72. The smallest absolute Gasteiger partial charge is 0.327 e. The SMILES string of the molecule is C.C=CCC(C)(C(=O)OCC)S(C)(=O)=O.CC#Cc1ccc(C2=NOC(CC(C)(C(=O)O)S(C)(=O)=O)C2)cc1F.CC#Cc1ccc(C2=NOC(CC(C)(C(=O)OCC)S(C)(=O)=O)C2)cc1F.CCOC(=O)C(C)(CC1CC(c2ccc(Br)c(F)c2)=NO1)S(C)(=O)=O.O/N=C/c1ccc(Br)c(F)c1.O=Cc1ccc(Br)c(F)c1. The summed E-state index contributed by atoms with van der Waals surface area (Å²) in [5, 5.41) is 31.9. The fourth-order valence-electron chi connectivity index (χ4n) is 9.89. The summed E-state index contributed by atoms with van der Waals surface area (Å²) in [6, 6.07) is 22.2. The lowest BCUT2D eigenvalue weighted by molar-refractivity contribution is -0.147. The van der Waals surface area contributed by atoms with Crippen LogP contribution in [0.1, 0.15) is 158 Å². The molecule has 5 aromatic carbocycles. The molecule has 7 unspecified atom stereocenters. The molecule has 0 saturated heterocycles. The van der Waals surface area contributed by atoms with Gasteiger partial charge in [0.05, 0.1) is 67.7 Å². The number of rotatable bonds is 24. The van der Waals surface area contributed by atoms with E-state index >= 15 is 0 Å². The summed E-state index contributed by atoms with van der Waals surface area (Å²) in [4.78, 5) is 73.2. The van der Waals surface area contributed by atoms with E-state index in [0.717, 1.165) is 38.2 Å². The molecule has 618 valence electrons. The number of carbonyl (C=O) groups excluding carboxylic acids is 4. The number of allylic oxidation sites excluding steroid dienone is 1. The molecule has 37 heteroatoms. The van der Waals surface area contributed by atoms with Gasteiger partial charge >= 0.3 is 23.9 Å². The third-order valence-electron chi connectivity index (χ3n) is 17.0. The molecule has 7 atom stereocenters. The van der Waals surface area contributed by atoms with Crippen LogP contribution < -0.4 is 0 Å². The van der Waals surface area contributed by atoms with Gasteiger partial charge in [-0.3, -0.25) is 24.0 Å². The minimum atomic E-state index is -3.86. The van der Waals surface area contributed by atoms with Crippen molar-refractivity contribution in [2.45, 2.75) is 152 Å². The molecule has 0 amide bonds. The summed E-state index contributed by atoms with van der Waals surface area (Å²) >= 11 is 9.04. The van der Waals surface area contributed by atoms with E-state index in [1.54, 1.807) is 83.1 Å². The number of carboxylic acid groups (broad SMARTS) is 1. The molecule has 25 nitrogen and oxygen atoms in total. The number of esters is 3. The Labute approximate surface area is 680 Å². The molecule has 3 aliphatic rings. The predicted molar refractivity (Wildman–Crippen MR) is 429 cm³/mol. The minimum Gasteiger partial charge on any atom is -0.480 e. The molecule has 0 aliphatic carbocycles. The summed E-state index contributed by atoms with van der Waals surface area (Å²) in [6.45, 7) is 17.0. The normalized spacial score (nSPS) is 16.9. The first-order valence-electron chi connectivity index (χ1n) is 33.3. The van der Waals surface area contributed by atoms with Gasteiger partial charge in [0.15, 0.2) is 58.3 Å². The number of carbonyl (C=O) groups is 5. The molecule has 5 aromatic rings. The zero-order valence-electron chi connectivity index (χ0n) is 63.0. The highest BCUT2D eigenvalue weighted by Gasteiger charge is 2.51. The van der Waals surface area contributed by atoms with Crippen molar-refractivity contribution in [1.29, 1.82) is 0 Å². The van der Waals surface area contributed by atoms with E-state index in [1.807, 2.05) is 0 Å². The first-order chi connectivity index (χ1) is 52.0. The van der Waals surface area contributed by atoms with Crippen molar-refractivity contribution in [1.82, 2.24) is 0 Å². The Morgan fingerprint density at radius 1 is 0.522 bits per heavy atom. The molecule has 8 rings (SSSR count). The maximum absolute atomic E-state index is 14.1. The van der Waals surface area contributed by atoms with Crippen LogP contribution >= 0.6 is 47.8 Å². The van der Waals surface area contributed by atoms with Crippen LogP contribution in [0, 0.1) is 52.8 Å². The lowest BCUT2D eigenvalue weighted by Gasteiger charge is -2.27. The number of aliphatic carboxylic acids is 1. The van der Waals surface area contributed by atoms with Crippen LogP contribution in [0.15, 0.2) is 138 Å². The summed E-state index contributed by atoms with van der Waals surface area (Å²) in [5.74, 6) is 4.56. The summed E-state index contributed by atoms with van der Waals surface area (Å²) in [6.07, 6.45) is 5.38. The lowest BCUT2D eigenvalue weighted by Crippen LogP contribution is -2.47. The van der Waals surface area contributed by atoms with Crippen molar-refractivity contribution in [3.05, 3.63) is 185 Å².